The SMILES string of the molecule is Fc1cc(CNCCCOC2CCCCC2)cc(F)c1F. The van der Waals surface area contributed by atoms with Crippen molar-refractivity contribution in [2.24, 2.45) is 0 Å². The van der Waals surface area contributed by atoms with E-state index in [1.807, 2.05) is 0 Å². The molecule has 118 valence electrons. The van der Waals surface area contributed by atoms with Gasteiger partial charge < -0.3 is 10.1 Å². The van der Waals surface area contributed by atoms with Gasteiger partial charge in [-0.2, -0.15) is 0 Å². The highest BCUT2D eigenvalue weighted by Gasteiger charge is 2.13. The molecule has 0 spiro atoms. The molecule has 21 heavy (non-hydrogen) atoms. The largest absolute Gasteiger partial charge is 0.378 e. The Morgan fingerprint density at radius 2 is 1.71 bits per heavy atom. The minimum Gasteiger partial charge on any atom is -0.378 e. The van der Waals surface area contributed by atoms with E-state index in [1.54, 1.807) is 0 Å². The Morgan fingerprint density at radius 3 is 2.38 bits per heavy atom. The van der Waals surface area contributed by atoms with Crippen molar-refractivity contribution in [3.05, 3.63) is 35.1 Å². The second-order valence-corrected chi connectivity index (χ2v) is 5.53. The van der Waals surface area contributed by atoms with Crippen LogP contribution >= 0.6 is 0 Å². The topological polar surface area (TPSA) is 21.3 Å². The first-order valence-electron chi connectivity index (χ1n) is 7.62. The molecule has 1 aliphatic carbocycles. The Kier molecular flexibility index (Phi) is 6.51. The van der Waals surface area contributed by atoms with Crippen LogP contribution in [0.15, 0.2) is 12.1 Å². The Balaban J connectivity index is 1.59. The fourth-order valence-corrected chi connectivity index (χ4v) is 2.62. The highest BCUT2D eigenvalue weighted by molar-refractivity contribution is 5.19. The van der Waals surface area contributed by atoms with Crippen LogP contribution in [0.25, 0.3) is 0 Å². The van der Waals surface area contributed by atoms with Gasteiger partial charge in [0.05, 0.1) is 6.10 Å². The van der Waals surface area contributed by atoms with Crippen LogP contribution in [0.3, 0.4) is 0 Å². The third kappa shape index (κ3) is 5.32. The second kappa shape index (κ2) is 8.39. The van der Waals surface area contributed by atoms with Crippen LogP contribution in [0.1, 0.15) is 44.1 Å². The summed E-state index contributed by atoms with van der Waals surface area (Å²) in [6.45, 7) is 1.72. The maximum Gasteiger partial charge on any atom is 0.194 e. The predicted octanol–water partition coefficient (Wildman–Crippen LogP) is 3.93. The molecule has 1 N–H and O–H groups in total. The summed E-state index contributed by atoms with van der Waals surface area (Å²) in [5.74, 6) is -3.71. The van der Waals surface area contributed by atoms with Crippen molar-refractivity contribution in [1.82, 2.24) is 5.32 Å². The van der Waals surface area contributed by atoms with Crippen molar-refractivity contribution in [1.29, 1.82) is 0 Å². The van der Waals surface area contributed by atoms with Gasteiger partial charge >= 0.3 is 0 Å². The van der Waals surface area contributed by atoms with E-state index in [9.17, 15) is 13.2 Å². The van der Waals surface area contributed by atoms with E-state index in [4.69, 9.17) is 4.74 Å². The van der Waals surface area contributed by atoms with Gasteiger partial charge in [0.25, 0.3) is 0 Å². The first-order valence-corrected chi connectivity index (χ1v) is 7.62. The normalized spacial score (nSPS) is 16.3. The molecular formula is C16H22F3NO. The summed E-state index contributed by atoms with van der Waals surface area (Å²) >= 11 is 0. The van der Waals surface area contributed by atoms with Crippen LogP contribution < -0.4 is 5.32 Å². The summed E-state index contributed by atoms with van der Waals surface area (Å²) < 4.78 is 44.6. The summed E-state index contributed by atoms with van der Waals surface area (Å²) in [5.41, 5.74) is 0.402. The van der Waals surface area contributed by atoms with E-state index in [0.717, 1.165) is 31.4 Å². The lowest BCUT2D eigenvalue weighted by atomic mass is 9.98. The molecule has 0 heterocycles. The van der Waals surface area contributed by atoms with E-state index in [-0.39, 0.29) is 0 Å². The third-order valence-corrected chi connectivity index (χ3v) is 3.78. The zero-order valence-electron chi connectivity index (χ0n) is 12.1. The summed E-state index contributed by atoms with van der Waals surface area (Å²) in [5, 5.41) is 3.08. The smallest absolute Gasteiger partial charge is 0.194 e. The van der Waals surface area contributed by atoms with Crippen molar-refractivity contribution in [2.75, 3.05) is 13.2 Å². The summed E-state index contributed by atoms with van der Waals surface area (Å²) in [6.07, 6.45) is 7.38. The Hall–Kier alpha value is -1.07. The highest BCUT2D eigenvalue weighted by atomic mass is 19.2. The zero-order chi connectivity index (χ0) is 15.1. The lowest BCUT2D eigenvalue weighted by molar-refractivity contribution is 0.0273. The summed E-state index contributed by atoms with van der Waals surface area (Å²) in [7, 11) is 0. The average Bonchev–Trinajstić information content (AvgIpc) is 2.49. The molecule has 5 heteroatoms. The number of hydrogen-bond acceptors (Lipinski definition) is 2. The fourth-order valence-electron chi connectivity index (χ4n) is 2.62. The molecular weight excluding hydrogens is 279 g/mol. The maximum atomic E-state index is 13.0. The molecule has 1 aromatic carbocycles. The number of nitrogens with one attached hydrogen (secondary N) is 1. The van der Waals surface area contributed by atoms with Gasteiger partial charge in [0, 0.05) is 13.2 Å². The molecule has 0 unspecified atom stereocenters. The number of rotatable bonds is 7. The van der Waals surface area contributed by atoms with Gasteiger partial charge in [0.15, 0.2) is 17.5 Å². The predicted molar refractivity (Wildman–Crippen MR) is 75.5 cm³/mol. The molecule has 1 aliphatic rings. The molecule has 1 aromatic rings. The second-order valence-electron chi connectivity index (χ2n) is 5.53. The highest BCUT2D eigenvalue weighted by Crippen LogP contribution is 2.20. The molecule has 1 fully saturated rings. The standard InChI is InChI=1S/C16H22F3NO/c17-14-9-12(10-15(18)16(14)19)11-20-7-4-8-21-13-5-2-1-3-6-13/h9-10,13,20H,1-8,11H2. The Labute approximate surface area is 123 Å². The monoisotopic (exact) mass is 301 g/mol. The first kappa shape index (κ1) is 16.3. The Morgan fingerprint density at radius 1 is 1.05 bits per heavy atom. The lowest BCUT2D eigenvalue weighted by Crippen LogP contribution is -2.20. The fraction of sp³-hybridized carbons (Fsp3) is 0.625. The van der Waals surface area contributed by atoms with Gasteiger partial charge in [0.2, 0.25) is 0 Å². The first-order chi connectivity index (χ1) is 10.2. The van der Waals surface area contributed by atoms with Crippen molar-refractivity contribution in [2.45, 2.75) is 51.2 Å². The summed E-state index contributed by atoms with van der Waals surface area (Å²) in [6, 6.07) is 2.04. The number of benzene rings is 1. The van der Waals surface area contributed by atoms with Crippen LogP contribution in [0.2, 0.25) is 0 Å². The van der Waals surface area contributed by atoms with E-state index in [0.29, 0.717) is 31.4 Å². The van der Waals surface area contributed by atoms with E-state index in [2.05, 4.69) is 5.32 Å². The van der Waals surface area contributed by atoms with Gasteiger partial charge in [0.1, 0.15) is 0 Å². The molecule has 0 atom stereocenters. The number of ether oxygens (including phenoxy) is 1. The van der Waals surface area contributed by atoms with Crippen molar-refractivity contribution in [3.8, 4) is 0 Å². The Bertz CT molecular complexity index is 424. The lowest BCUT2D eigenvalue weighted by Gasteiger charge is -2.21. The van der Waals surface area contributed by atoms with Crippen molar-refractivity contribution < 1.29 is 17.9 Å². The molecule has 0 radical (unpaired) electrons. The van der Waals surface area contributed by atoms with Crippen LogP contribution in [0.4, 0.5) is 13.2 Å². The van der Waals surface area contributed by atoms with Gasteiger partial charge in [-0.3, -0.25) is 0 Å². The van der Waals surface area contributed by atoms with Crippen molar-refractivity contribution in [3.63, 3.8) is 0 Å². The van der Waals surface area contributed by atoms with Gasteiger partial charge in [-0.25, -0.2) is 13.2 Å². The molecule has 0 aromatic heterocycles. The van der Waals surface area contributed by atoms with E-state index in [1.165, 1.54) is 19.3 Å². The molecule has 0 bridgehead atoms. The number of hydrogen-bond donors (Lipinski definition) is 1. The van der Waals surface area contributed by atoms with E-state index >= 15 is 0 Å². The van der Waals surface area contributed by atoms with Crippen LogP contribution in [-0.2, 0) is 11.3 Å². The zero-order valence-corrected chi connectivity index (χ0v) is 12.1. The van der Waals surface area contributed by atoms with Crippen LogP contribution in [0.5, 0.6) is 0 Å². The minimum absolute atomic E-state index is 0.317. The van der Waals surface area contributed by atoms with Gasteiger partial charge in [-0.15, -0.1) is 0 Å². The van der Waals surface area contributed by atoms with Crippen LogP contribution in [-0.4, -0.2) is 19.3 Å². The maximum absolute atomic E-state index is 13.0. The van der Waals surface area contributed by atoms with Crippen LogP contribution in [0, 0.1) is 17.5 Å². The molecule has 1 saturated carbocycles. The van der Waals surface area contributed by atoms with Gasteiger partial charge in [-0.1, -0.05) is 19.3 Å². The molecule has 0 amide bonds. The van der Waals surface area contributed by atoms with Gasteiger partial charge in [-0.05, 0) is 43.5 Å². The van der Waals surface area contributed by atoms with Crippen molar-refractivity contribution >= 4 is 0 Å². The quantitative estimate of drug-likeness (QED) is 0.608. The minimum atomic E-state index is -1.42. The van der Waals surface area contributed by atoms with E-state index < -0.39 is 17.5 Å². The molecule has 0 saturated heterocycles. The molecule has 2 rings (SSSR count). The molecule has 2 nitrogen and oxygen atoms in total. The third-order valence-electron chi connectivity index (χ3n) is 3.78. The number of halogens is 3. The average molecular weight is 301 g/mol. The molecule has 0 aliphatic heterocycles. The summed E-state index contributed by atoms with van der Waals surface area (Å²) in [4.78, 5) is 0.